The molecular weight excluding hydrogens is 350 g/mol. The number of benzene rings is 1. The van der Waals surface area contributed by atoms with E-state index in [1.54, 1.807) is 0 Å². The zero-order valence-electron chi connectivity index (χ0n) is 16.8. The molecule has 0 saturated heterocycles. The first kappa shape index (κ1) is 18.7. The van der Waals surface area contributed by atoms with Crippen molar-refractivity contribution in [2.24, 2.45) is 5.92 Å². The Kier molecular flexibility index (Phi) is 4.98. The summed E-state index contributed by atoms with van der Waals surface area (Å²) >= 11 is 0. The molecule has 2 aromatic heterocycles. The standard InChI is InChI=1S/C22H29N5O/c1-15-7-11-18(12-8-15)24-21-25-20-6-4-5-19(27(20)26-21)23-17-13-9-16(10-14-17)22(2,3)28/h4-8,11-12,16-17,23,28H,9-10,13-14H2,1-3H3,(H,24,26)/t16-,17+. The van der Waals surface area contributed by atoms with Crippen molar-refractivity contribution in [1.29, 1.82) is 0 Å². The van der Waals surface area contributed by atoms with Crippen LogP contribution in [0.4, 0.5) is 17.5 Å². The maximum absolute atomic E-state index is 10.2. The smallest absolute Gasteiger partial charge is 0.247 e. The maximum Gasteiger partial charge on any atom is 0.247 e. The lowest BCUT2D eigenvalue weighted by Crippen LogP contribution is -2.37. The minimum Gasteiger partial charge on any atom is -0.390 e. The van der Waals surface area contributed by atoms with Gasteiger partial charge in [-0.15, -0.1) is 5.10 Å². The van der Waals surface area contributed by atoms with Crippen molar-refractivity contribution < 1.29 is 5.11 Å². The number of nitrogens with one attached hydrogen (secondary N) is 2. The van der Waals surface area contributed by atoms with Crippen LogP contribution >= 0.6 is 0 Å². The lowest BCUT2D eigenvalue weighted by Gasteiger charge is -2.36. The summed E-state index contributed by atoms with van der Waals surface area (Å²) in [5.74, 6) is 1.91. The third kappa shape index (κ3) is 4.12. The van der Waals surface area contributed by atoms with E-state index in [1.807, 2.05) is 48.7 Å². The molecule has 0 radical (unpaired) electrons. The molecule has 6 nitrogen and oxygen atoms in total. The number of hydrogen-bond acceptors (Lipinski definition) is 5. The number of fused-ring (bicyclic) bond motifs is 1. The average Bonchev–Trinajstić information content (AvgIpc) is 3.07. The van der Waals surface area contributed by atoms with E-state index in [0.29, 0.717) is 17.9 Å². The lowest BCUT2D eigenvalue weighted by molar-refractivity contribution is -0.000409. The van der Waals surface area contributed by atoms with Gasteiger partial charge in [0.15, 0.2) is 5.65 Å². The fraction of sp³-hybridized carbons (Fsp3) is 0.455. The van der Waals surface area contributed by atoms with Gasteiger partial charge in [0, 0.05) is 11.7 Å². The Morgan fingerprint density at radius 3 is 2.43 bits per heavy atom. The van der Waals surface area contributed by atoms with Crippen LogP contribution in [0.3, 0.4) is 0 Å². The minimum absolute atomic E-state index is 0.373. The van der Waals surface area contributed by atoms with Gasteiger partial charge in [-0.3, -0.25) is 0 Å². The van der Waals surface area contributed by atoms with Crippen LogP contribution in [0.2, 0.25) is 0 Å². The molecule has 6 heteroatoms. The summed E-state index contributed by atoms with van der Waals surface area (Å²) in [6.07, 6.45) is 4.17. The monoisotopic (exact) mass is 379 g/mol. The van der Waals surface area contributed by atoms with Crippen molar-refractivity contribution in [1.82, 2.24) is 14.6 Å². The third-order valence-corrected chi connectivity index (χ3v) is 5.75. The first-order valence-electron chi connectivity index (χ1n) is 10.1. The lowest BCUT2D eigenvalue weighted by atomic mass is 9.77. The first-order chi connectivity index (χ1) is 13.4. The molecule has 0 amide bonds. The summed E-state index contributed by atoms with van der Waals surface area (Å²) in [5.41, 5.74) is 2.41. The van der Waals surface area contributed by atoms with Crippen molar-refractivity contribution in [3.05, 3.63) is 48.0 Å². The molecule has 1 aromatic carbocycles. The van der Waals surface area contributed by atoms with Crippen LogP contribution in [-0.2, 0) is 0 Å². The molecule has 1 fully saturated rings. The van der Waals surface area contributed by atoms with Gasteiger partial charge in [-0.2, -0.15) is 9.50 Å². The van der Waals surface area contributed by atoms with Crippen molar-refractivity contribution in [3.8, 4) is 0 Å². The molecule has 0 aliphatic heterocycles. The largest absolute Gasteiger partial charge is 0.390 e. The highest BCUT2D eigenvalue weighted by atomic mass is 16.3. The van der Waals surface area contributed by atoms with Crippen LogP contribution in [0.5, 0.6) is 0 Å². The van der Waals surface area contributed by atoms with Crippen LogP contribution in [0.25, 0.3) is 5.65 Å². The summed E-state index contributed by atoms with van der Waals surface area (Å²) in [7, 11) is 0. The van der Waals surface area contributed by atoms with Gasteiger partial charge >= 0.3 is 0 Å². The molecule has 0 bridgehead atoms. The van der Waals surface area contributed by atoms with E-state index in [9.17, 15) is 5.11 Å². The van der Waals surface area contributed by atoms with Crippen LogP contribution in [0, 0.1) is 12.8 Å². The molecule has 1 aliphatic rings. The quantitative estimate of drug-likeness (QED) is 0.608. The highest BCUT2D eigenvalue weighted by Gasteiger charge is 2.31. The van der Waals surface area contributed by atoms with E-state index >= 15 is 0 Å². The minimum atomic E-state index is -0.590. The maximum atomic E-state index is 10.2. The molecule has 4 rings (SSSR count). The number of aryl methyl sites for hydroxylation is 1. The van der Waals surface area contributed by atoms with E-state index in [2.05, 4.69) is 39.8 Å². The van der Waals surface area contributed by atoms with Crippen LogP contribution < -0.4 is 10.6 Å². The van der Waals surface area contributed by atoms with Crippen molar-refractivity contribution in [2.75, 3.05) is 10.6 Å². The highest BCUT2D eigenvalue weighted by molar-refractivity contribution is 5.58. The molecule has 0 atom stereocenters. The second kappa shape index (κ2) is 7.43. The Balaban J connectivity index is 1.48. The fourth-order valence-electron chi connectivity index (χ4n) is 3.99. The van der Waals surface area contributed by atoms with Crippen LogP contribution in [-0.4, -0.2) is 31.3 Å². The molecule has 2 heterocycles. The SMILES string of the molecule is Cc1ccc(Nc2nc3cccc(N[C@H]4CC[C@@H](C(C)(C)O)CC4)n3n2)cc1. The number of aliphatic hydroxyl groups is 1. The Hall–Kier alpha value is -2.60. The van der Waals surface area contributed by atoms with Crippen molar-refractivity contribution in [2.45, 2.75) is 58.1 Å². The van der Waals surface area contributed by atoms with Gasteiger partial charge < -0.3 is 15.7 Å². The third-order valence-electron chi connectivity index (χ3n) is 5.75. The van der Waals surface area contributed by atoms with Gasteiger partial charge in [-0.1, -0.05) is 23.8 Å². The zero-order valence-corrected chi connectivity index (χ0v) is 16.8. The Bertz CT molecular complexity index is 934. The number of anilines is 3. The van der Waals surface area contributed by atoms with Gasteiger partial charge in [0.1, 0.15) is 5.82 Å². The van der Waals surface area contributed by atoms with Crippen LogP contribution in [0.1, 0.15) is 45.1 Å². The van der Waals surface area contributed by atoms with Crippen molar-refractivity contribution in [3.63, 3.8) is 0 Å². The fourth-order valence-corrected chi connectivity index (χ4v) is 3.99. The summed E-state index contributed by atoms with van der Waals surface area (Å²) in [6.45, 7) is 5.91. The predicted molar refractivity (Wildman–Crippen MR) is 113 cm³/mol. The summed E-state index contributed by atoms with van der Waals surface area (Å²) in [6, 6.07) is 14.6. The van der Waals surface area contributed by atoms with Gasteiger partial charge in [0.25, 0.3) is 0 Å². The number of aromatic nitrogens is 3. The van der Waals surface area contributed by atoms with Crippen molar-refractivity contribution >= 4 is 23.1 Å². The molecule has 1 saturated carbocycles. The van der Waals surface area contributed by atoms with E-state index in [0.717, 1.165) is 42.8 Å². The summed E-state index contributed by atoms with van der Waals surface area (Å²) in [5, 5.41) is 21.8. The zero-order chi connectivity index (χ0) is 19.7. The molecule has 28 heavy (non-hydrogen) atoms. The average molecular weight is 380 g/mol. The molecule has 3 aromatic rings. The normalized spacial score (nSPS) is 20.3. The molecule has 0 spiro atoms. The van der Waals surface area contributed by atoms with Gasteiger partial charge in [-0.25, -0.2) is 0 Å². The van der Waals surface area contributed by atoms with Gasteiger partial charge in [0.2, 0.25) is 5.95 Å². The molecule has 3 N–H and O–H groups in total. The van der Waals surface area contributed by atoms with Gasteiger partial charge in [0.05, 0.1) is 5.60 Å². The Labute approximate surface area is 166 Å². The summed E-state index contributed by atoms with van der Waals surface area (Å²) < 4.78 is 1.86. The Morgan fingerprint density at radius 2 is 1.75 bits per heavy atom. The number of rotatable bonds is 5. The topological polar surface area (TPSA) is 74.5 Å². The second-order valence-electron chi connectivity index (χ2n) is 8.45. The number of pyridine rings is 1. The van der Waals surface area contributed by atoms with Gasteiger partial charge in [-0.05, 0) is 76.6 Å². The molecular formula is C22H29N5O. The Morgan fingerprint density at radius 1 is 1.04 bits per heavy atom. The first-order valence-corrected chi connectivity index (χ1v) is 10.1. The number of nitrogens with zero attached hydrogens (tertiary/aromatic N) is 3. The van der Waals surface area contributed by atoms with E-state index in [1.165, 1.54) is 5.56 Å². The highest BCUT2D eigenvalue weighted by Crippen LogP contribution is 2.33. The van der Waals surface area contributed by atoms with E-state index in [-0.39, 0.29) is 0 Å². The molecule has 0 unspecified atom stereocenters. The van der Waals surface area contributed by atoms with Crippen LogP contribution in [0.15, 0.2) is 42.5 Å². The second-order valence-corrected chi connectivity index (χ2v) is 8.45. The predicted octanol–water partition coefficient (Wildman–Crippen LogP) is 4.52. The summed E-state index contributed by atoms with van der Waals surface area (Å²) in [4.78, 5) is 4.60. The number of hydrogen-bond donors (Lipinski definition) is 3. The van der Waals surface area contributed by atoms with E-state index < -0.39 is 5.60 Å². The molecule has 1 aliphatic carbocycles. The van der Waals surface area contributed by atoms with E-state index in [4.69, 9.17) is 0 Å². The molecule has 148 valence electrons.